The number of hydrogen-bond acceptors (Lipinski definition) is 4. The number of carbonyl (C=O) groups excluding carboxylic acids is 3. The van der Waals surface area contributed by atoms with E-state index in [1.54, 1.807) is 31.2 Å². The highest BCUT2D eigenvalue weighted by Crippen LogP contribution is 2.32. The van der Waals surface area contributed by atoms with Crippen molar-refractivity contribution in [3.63, 3.8) is 0 Å². The maximum absolute atomic E-state index is 13.3. The van der Waals surface area contributed by atoms with Gasteiger partial charge in [-0.25, -0.2) is 0 Å². The van der Waals surface area contributed by atoms with Gasteiger partial charge in [0.15, 0.2) is 0 Å². The lowest BCUT2D eigenvalue weighted by Gasteiger charge is -2.36. The SMILES string of the molecule is CC(NC(=O)c1ccc(OCc2ccccc2)cc1)C(=O)N1CCN(C(=O)c2ccccc2C(F)(F)F)CC1. The summed E-state index contributed by atoms with van der Waals surface area (Å²) in [5, 5.41) is 2.68. The second-order valence-corrected chi connectivity index (χ2v) is 9.15. The molecule has 7 nitrogen and oxygen atoms in total. The first-order valence-electron chi connectivity index (χ1n) is 12.5. The topological polar surface area (TPSA) is 79.0 Å². The Morgan fingerprint density at radius 1 is 0.846 bits per heavy atom. The second-order valence-electron chi connectivity index (χ2n) is 9.15. The van der Waals surface area contributed by atoms with Crippen LogP contribution < -0.4 is 10.1 Å². The van der Waals surface area contributed by atoms with Crippen molar-refractivity contribution in [2.24, 2.45) is 0 Å². The average molecular weight is 540 g/mol. The molecule has 3 aromatic carbocycles. The third-order valence-electron chi connectivity index (χ3n) is 6.42. The zero-order chi connectivity index (χ0) is 28.0. The molecule has 0 saturated carbocycles. The number of piperazine rings is 1. The Hall–Kier alpha value is -4.34. The van der Waals surface area contributed by atoms with Crippen LogP contribution in [0.4, 0.5) is 13.2 Å². The molecule has 10 heteroatoms. The Bertz CT molecular complexity index is 1310. The fraction of sp³-hybridized carbons (Fsp3) is 0.276. The second kappa shape index (κ2) is 12.0. The fourth-order valence-corrected chi connectivity index (χ4v) is 4.28. The van der Waals surface area contributed by atoms with Crippen LogP contribution in [0.5, 0.6) is 5.75 Å². The summed E-state index contributed by atoms with van der Waals surface area (Å²) in [4.78, 5) is 41.2. The minimum Gasteiger partial charge on any atom is -0.489 e. The van der Waals surface area contributed by atoms with E-state index in [0.717, 1.165) is 17.7 Å². The fourth-order valence-electron chi connectivity index (χ4n) is 4.28. The molecule has 39 heavy (non-hydrogen) atoms. The lowest BCUT2D eigenvalue weighted by molar-refractivity contribution is -0.138. The molecule has 3 aromatic rings. The van der Waals surface area contributed by atoms with Crippen molar-refractivity contribution in [3.05, 3.63) is 101 Å². The van der Waals surface area contributed by atoms with Gasteiger partial charge in [0.1, 0.15) is 18.4 Å². The Morgan fingerprint density at radius 2 is 1.44 bits per heavy atom. The van der Waals surface area contributed by atoms with E-state index in [-0.39, 0.29) is 32.1 Å². The molecule has 204 valence electrons. The van der Waals surface area contributed by atoms with Crippen molar-refractivity contribution in [2.75, 3.05) is 26.2 Å². The predicted molar refractivity (Wildman–Crippen MR) is 138 cm³/mol. The number of amides is 3. The van der Waals surface area contributed by atoms with Crippen LogP contribution >= 0.6 is 0 Å². The number of nitrogens with one attached hydrogen (secondary N) is 1. The van der Waals surface area contributed by atoms with E-state index in [1.807, 2.05) is 30.3 Å². The molecule has 1 saturated heterocycles. The summed E-state index contributed by atoms with van der Waals surface area (Å²) >= 11 is 0. The van der Waals surface area contributed by atoms with Crippen LogP contribution in [0.1, 0.15) is 38.8 Å². The normalized spacial score (nSPS) is 14.5. The van der Waals surface area contributed by atoms with Gasteiger partial charge in [0.25, 0.3) is 11.8 Å². The first kappa shape index (κ1) is 27.7. The first-order valence-corrected chi connectivity index (χ1v) is 12.5. The van der Waals surface area contributed by atoms with Crippen molar-refractivity contribution >= 4 is 17.7 Å². The monoisotopic (exact) mass is 539 g/mol. The molecule has 0 aromatic heterocycles. The van der Waals surface area contributed by atoms with Crippen LogP contribution in [0.3, 0.4) is 0 Å². The first-order chi connectivity index (χ1) is 18.6. The number of carbonyl (C=O) groups is 3. The van der Waals surface area contributed by atoms with Gasteiger partial charge < -0.3 is 19.9 Å². The number of benzene rings is 3. The third-order valence-corrected chi connectivity index (χ3v) is 6.42. The zero-order valence-electron chi connectivity index (χ0n) is 21.3. The van der Waals surface area contributed by atoms with E-state index in [2.05, 4.69) is 5.32 Å². The number of alkyl halides is 3. The molecule has 4 rings (SSSR count). The zero-order valence-corrected chi connectivity index (χ0v) is 21.3. The lowest BCUT2D eigenvalue weighted by atomic mass is 10.1. The van der Waals surface area contributed by atoms with Crippen molar-refractivity contribution in [1.82, 2.24) is 15.1 Å². The van der Waals surface area contributed by atoms with Gasteiger partial charge in [0.2, 0.25) is 5.91 Å². The minimum atomic E-state index is -4.65. The van der Waals surface area contributed by atoms with Crippen molar-refractivity contribution in [3.8, 4) is 5.75 Å². The molecule has 0 aliphatic carbocycles. The number of halogens is 3. The van der Waals surface area contributed by atoms with Gasteiger partial charge in [0, 0.05) is 31.7 Å². The maximum atomic E-state index is 13.3. The summed E-state index contributed by atoms with van der Waals surface area (Å²) in [5.41, 5.74) is -0.0223. The molecule has 0 bridgehead atoms. The summed E-state index contributed by atoms with van der Waals surface area (Å²) in [6.07, 6.45) is -4.65. The van der Waals surface area contributed by atoms with Crippen molar-refractivity contribution in [2.45, 2.75) is 25.7 Å². The van der Waals surface area contributed by atoms with Crippen LogP contribution in [-0.2, 0) is 17.6 Å². The van der Waals surface area contributed by atoms with E-state index in [9.17, 15) is 27.6 Å². The molecule has 1 heterocycles. The van der Waals surface area contributed by atoms with Gasteiger partial charge in [-0.05, 0) is 48.9 Å². The molecule has 1 aliphatic rings. The molecule has 1 unspecified atom stereocenters. The summed E-state index contributed by atoms with van der Waals surface area (Å²) in [6.45, 7) is 2.42. The summed E-state index contributed by atoms with van der Waals surface area (Å²) in [6, 6.07) is 20.1. The van der Waals surface area contributed by atoms with Crippen LogP contribution in [0.15, 0.2) is 78.9 Å². The van der Waals surface area contributed by atoms with Gasteiger partial charge in [-0.3, -0.25) is 14.4 Å². The Morgan fingerprint density at radius 3 is 2.08 bits per heavy atom. The Kier molecular flexibility index (Phi) is 8.53. The minimum absolute atomic E-state index is 0.0852. The number of nitrogens with zero attached hydrogens (tertiary/aromatic N) is 2. The van der Waals surface area contributed by atoms with Crippen molar-refractivity contribution in [1.29, 1.82) is 0 Å². The molecule has 3 amide bonds. The molecule has 1 atom stereocenters. The van der Waals surface area contributed by atoms with Crippen LogP contribution in [0.25, 0.3) is 0 Å². The van der Waals surface area contributed by atoms with Gasteiger partial charge in [0.05, 0.1) is 11.1 Å². The average Bonchev–Trinajstić information content (AvgIpc) is 2.95. The highest BCUT2D eigenvalue weighted by molar-refractivity contribution is 5.98. The van der Waals surface area contributed by atoms with E-state index < -0.39 is 35.2 Å². The Balaban J connectivity index is 1.27. The van der Waals surface area contributed by atoms with E-state index in [0.29, 0.717) is 17.9 Å². The molecule has 1 fully saturated rings. The van der Waals surface area contributed by atoms with Gasteiger partial charge in [-0.1, -0.05) is 42.5 Å². The van der Waals surface area contributed by atoms with Crippen LogP contribution in [0, 0.1) is 0 Å². The van der Waals surface area contributed by atoms with Crippen molar-refractivity contribution < 1.29 is 32.3 Å². The predicted octanol–water partition coefficient (Wildman–Crippen LogP) is 4.39. The molecular formula is C29H28F3N3O4. The Labute approximate surface area is 224 Å². The highest BCUT2D eigenvalue weighted by atomic mass is 19.4. The number of hydrogen-bond donors (Lipinski definition) is 1. The highest BCUT2D eigenvalue weighted by Gasteiger charge is 2.37. The smallest absolute Gasteiger partial charge is 0.417 e. The summed E-state index contributed by atoms with van der Waals surface area (Å²) < 4.78 is 45.7. The maximum Gasteiger partial charge on any atom is 0.417 e. The van der Waals surface area contributed by atoms with Gasteiger partial charge in [-0.15, -0.1) is 0 Å². The quantitative estimate of drug-likeness (QED) is 0.483. The standard InChI is InChI=1S/C29H28F3N3O4/c1-20(33-26(36)22-11-13-23(14-12-22)39-19-21-7-3-2-4-8-21)27(37)34-15-17-35(18-16-34)28(38)24-9-5-6-10-25(24)29(30,31)32/h2-14,20H,15-19H2,1H3,(H,33,36). The number of rotatable bonds is 7. The van der Waals surface area contributed by atoms with E-state index in [1.165, 1.54) is 21.9 Å². The lowest BCUT2D eigenvalue weighted by Crippen LogP contribution is -2.55. The largest absolute Gasteiger partial charge is 0.489 e. The molecule has 1 aliphatic heterocycles. The van der Waals surface area contributed by atoms with E-state index in [4.69, 9.17) is 4.74 Å². The van der Waals surface area contributed by atoms with Gasteiger partial charge in [-0.2, -0.15) is 13.2 Å². The summed E-state index contributed by atoms with van der Waals surface area (Å²) in [5.74, 6) is -0.894. The molecule has 0 radical (unpaired) electrons. The molecule has 0 spiro atoms. The van der Waals surface area contributed by atoms with Gasteiger partial charge >= 0.3 is 6.18 Å². The third kappa shape index (κ3) is 6.95. The molecule has 1 N–H and O–H groups in total. The van der Waals surface area contributed by atoms with Crippen LogP contribution in [0.2, 0.25) is 0 Å². The van der Waals surface area contributed by atoms with E-state index >= 15 is 0 Å². The number of ether oxygens (including phenoxy) is 1. The van der Waals surface area contributed by atoms with Crippen LogP contribution in [-0.4, -0.2) is 59.7 Å². The molecular weight excluding hydrogens is 511 g/mol. The summed E-state index contributed by atoms with van der Waals surface area (Å²) in [7, 11) is 0.